The summed E-state index contributed by atoms with van der Waals surface area (Å²) in [5, 5.41) is 2.85. The molecule has 1 amide bonds. The molecule has 0 aromatic carbocycles. The van der Waals surface area contributed by atoms with Gasteiger partial charge in [-0.25, -0.2) is 0 Å². The van der Waals surface area contributed by atoms with Gasteiger partial charge in [0.25, 0.3) is 0 Å². The zero-order valence-corrected chi connectivity index (χ0v) is 10.1. The second kappa shape index (κ2) is 7.28. The third kappa shape index (κ3) is 5.75. The van der Waals surface area contributed by atoms with Gasteiger partial charge in [-0.3, -0.25) is 4.79 Å². The smallest absolute Gasteiger partial charge is 0.222 e. The summed E-state index contributed by atoms with van der Waals surface area (Å²) in [5.74, 6) is 0.0267. The van der Waals surface area contributed by atoms with Gasteiger partial charge in [0, 0.05) is 6.42 Å². The first-order valence-electron chi connectivity index (χ1n) is 5.87. The highest BCUT2D eigenvalue weighted by molar-refractivity contribution is 5.75. The summed E-state index contributed by atoms with van der Waals surface area (Å²) in [6.45, 7) is 4.99. The first-order valence-corrected chi connectivity index (χ1v) is 5.87. The summed E-state index contributed by atoms with van der Waals surface area (Å²) in [4.78, 5) is 11.4. The third-order valence-electron chi connectivity index (χ3n) is 2.33. The van der Waals surface area contributed by atoms with Crippen LogP contribution in [-0.4, -0.2) is 31.3 Å². The highest BCUT2D eigenvalue weighted by Crippen LogP contribution is 2.08. The highest BCUT2D eigenvalue weighted by atomic mass is 16.5. The zero-order chi connectivity index (χ0) is 11.8. The van der Waals surface area contributed by atoms with Crippen LogP contribution in [0.1, 0.15) is 33.1 Å². The van der Waals surface area contributed by atoms with Crippen LogP contribution in [0.25, 0.3) is 0 Å². The van der Waals surface area contributed by atoms with E-state index in [0.29, 0.717) is 19.6 Å². The van der Waals surface area contributed by atoms with Crippen LogP contribution in [0.5, 0.6) is 0 Å². The Morgan fingerprint density at radius 1 is 1.62 bits per heavy atom. The normalized spacial score (nSPS) is 19.6. The number of hydrogen-bond acceptors (Lipinski definition) is 3. The second-order valence-electron chi connectivity index (χ2n) is 4.18. The van der Waals surface area contributed by atoms with E-state index in [4.69, 9.17) is 9.47 Å². The maximum atomic E-state index is 11.4. The molecule has 4 heteroatoms. The van der Waals surface area contributed by atoms with E-state index in [0.717, 1.165) is 12.8 Å². The van der Waals surface area contributed by atoms with E-state index in [-0.39, 0.29) is 18.1 Å². The molecular weight excluding hydrogens is 206 g/mol. The second-order valence-corrected chi connectivity index (χ2v) is 4.18. The summed E-state index contributed by atoms with van der Waals surface area (Å²) in [7, 11) is 0. The molecule has 0 saturated carbocycles. The zero-order valence-electron chi connectivity index (χ0n) is 10.1. The number of carbonyl (C=O) groups is 1. The van der Waals surface area contributed by atoms with Crippen molar-refractivity contribution in [2.24, 2.45) is 0 Å². The van der Waals surface area contributed by atoms with Gasteiger partial charge in [-0.15, -0.1) is 0 Å². The van der Waals surface area contributed by atoms with Crippen molar-refractivity contribution in [3.63, 3.8) is 0 Å². The summed E-state index contributed by atoms with van der Waals surface area (Å²) >= 11 is 0. The van der Waals surface area contributed by atoms with Crippen LogP contribution in [0, 0.1) is 0 Å². The highest BCUT2D eigenvalue weighted by Gasteiger charge is 2.12. The van der Waals surface area contributed by atoms with E-state index < -0.39 is 0 Å². The van der Waals surface area contributed by atoms with Crippen molar-refractivity contribution in [3.8, 4) is 0 Å². The minimum absolute atomic E-state index is 0.0267. The molecule has 0 aromatic heterocycles. The molecule has 1 unspecified atom stereocenters. The van der Waals surface area contributed by atoms with Crippen LogP contribution in [-0.2, 0) is 14.3 Å². The molecule has 0 aliphatic carbocycles. The fourth-order valence-electron chi connectivity index (χ4n) is 1.44. The number of allylic oxidation sites excluding steroid dienone is 1. The molecule has 1 aliphatic rings. The first kappa shape index (κ1) is 13.0. The maximum Gasteiger partial charge on any atom is 0.222 e. The van der Waals surface area contributed by atoms with Crippen molar-refractivity contribution in [1.29, 1.82) is 0 Å². The van der Waals surface area contributed by atoms with E-state index in [9.17, 15) is 4.79 Å². The number of hydrogen-bond donors (Lipinski definition) is 1. The fourth-order valence-corrected chi connectivity index (χ4v) is 1.44. The van der Waals surface area contributed by atoms with Crippen molar-refractivity contribution in [1.82, 2.24) is 5.32 Å². The summed E-state index contributed by atoms with van der Waals surface area (Å²) in [6.07, 6.45) is 6.42. The van der Waals surface area contributed by atoms with Crippen molar-refractivity contribution in [2.75, 3.05) is 13.2 Å². The minimum Gasteiger partial charge on any atom is -0.497 e. The predicted molar refractivity (Wildman–Crippen MR) is 62.0 cm³/mol. The van der Waals surface area contributed by atoms with Gasteiger partial charge in [0.2, 0.25) is 5.91 Å². The quantitative estimate of drug-likeness (QED) is 0.750. The van der Waals surface area contributed by atoms with Crippen LogP contribution in [0.4, 0.5) is 0 Å². The largest absolute Gasteiger partial charge is 0.497 e. The Bertz CT molecular complexity index is 238. The molecule has 0 bridgehead atoms. The molecule has 4 nitrogen and oxygen atoms in total. The summed E-state index contributed by atoms with van der Waals surface area (Å²) in [6, 6.07) is 0. The van der Waals surface area contributed by atoms with Gasteiger partial charge >= 0.3 is 0 Å². The minimum atomic E-state index is 0.0267. The van der Waals surface area contributed by atoms with Gasteiger partial charge in [-0.05, 0) is 32.8 Å². The Morgan fingerprint density at radius 2 is 2.44 bits per heavy atom. The molecule has 0 saturated heterocycles. The molecular formula is C12H21NO3. The van der Waals surface area contributed by atoms with E-state index >= 15 is 0 Å². The molecule has 1 heterocycles. The van der Waals surface area contributed by atoms with Crippen LogP contribution in [0.15, 0.2) is 12.3 Å². The lowest BCUT2D eigenvalue weighted by atomic mass is 10.1. The third-order valence-corrected chi connectivity index (χ3v) is 2.33. The van der Waals surface area contributed by atoms with E-state index in [1.165, 1.54) is 0 Å². The van der Waals surface area contributed by atoms with Gasteiger partial charge in [0.15, 0.2) is 0 Å². The Morgan fingerprint density at radius 3 is 3.06 bits per heavy atom. The Hall–Kier alpha value is -1.03. The maximum absolute atomic E-state index is 11.4. The summed E-state index contributed by atoms with van der Waals surface area (Å²) in [5.41, 5.74) is 0. The lowest BCUT2D eigenvalue weighted by Crippen LogP contribution is -2.34. The molecule has 0 radical (unpaired) electrons. The van der Waals surface area contributed by atoms with E-state index in [1.54, 1.807) is 6.26 Å². The summed E-state index contributed by atoms with van der Waals surface area (Å²) < 4.78 is 10.6. The van der Waals surface area contributed by atoms with Crippen molar-refractivity contribution in [2.45, 2.75) is 45.3 Å². The molecule has 0 fully saturated rings. The first-order chi connectivity index (χ1) is 7.68. The Labute approximate surface area is 97.0 Å². The van der Waals surface area contributed by atoms with Gasteiger partial charge in [-0.2, -0.15) is 0 Å². The molecule has 0 spiro atoms. The molecule has 1 atom stereocenters. The van der Waals surface area contributed by atoms with Crippen molar-refractivity contribution < 1.29 is 14.3 Å². The Balaban J connectivity index is 2.03. The average molecular weight is 227 g/mol. The lowest BCUT2D eigenvalue weighted by molar-refractivity contribution is -0.123. The van der Waals surface area contributed by atoms with Gasteiger partial charge in [0.1, 0.15) is 6.10 Å². The molecule has 92 valence electrons. The number of nitrogens with one attached hydrogen (secondary N) is 1. The van der Waals surface area contributed by atoms with Gasteiger partial charge in [-0.1, -0.05) is 0 Å². The molecule has 0 aromatic rings. The monoisotopic (exact) mass is 227 g/mol. The van der Waals surface area contributed by atoms with Gasteiger partial charge < -0.3 is 14.8 Å². The lowest BCUT2D eigenvalue weighted by Gasteiger charge is -2.19. The number of rotatable bonds is 6. The SMILES string of the molecule is CC(C)OCCC(=O)NCC1CCC=CO1. The van der Waals surface area contributed by atoms with Crippen LogP contribution in [0.3, 0.4) is 0 Å². The molecule has 16 heavy (non-hydrogen) atoms. The number of ether oxygens (including phenoxy) is 2. The van der Waals surface area contributed by atoms with Crippen molar-refractivity contribution in [3.05, 3.63) is 12.3 Å². The predicted octanol–water partition coefficient (Wildman–Crippen LogP) is 1.61. The standard InChI is InChI=1S/C12H21NO3/c1-10(2)15-8-6-12(14)13-9-11-5-3-4-7-16-11/h4,7,10-11H,3,5-6,8-9H2,1-2H3,(H,13,14). The Kier molecular flexibility index (Phi) is 5.93. The van der Waals surface area contributed by atoms with E-state index in [2.05, 4.69) is 5.32 Å². The van der Waals surface area contributed by atoms with Gasteiger partial charge in [0.05, 0.1) is 25.5 Å². The van der Waals surface area contributed by atoms with Crippen molar-refractivity contribution >= 4 is 5.91 Å². The topological polar surface area (TPSA) is 47.6 Å². The molecule has 1 rings (SSSR count). The number of amides is 1. The van der Waals surface area contributed by atoms with Crippen LogP contribution >= 0.6 is 0 Å². The van der Waals surface area contributed by atoms with E-state index in [1.807, 2.05) is 19.9 Å². The number of carbonyl (C=O) groups excluding carboxylic acids is 1. The fraction of sp³-hybridized carbons (Fsp3) is 0.750. The van der Waals surface area contributed by atoms with Crippen LogP contribution < -0.4 is 5.32 Å². The average Bonchev–Trinajstić information content (AvgIpc) is 2.27. The van der Waals surface area contributed by atoms with Crippen LogP contribution in [0.2, 0.25) is 0 Å². The molecule has 1 aliphatic heterocycles. The molecule has 1 N–H and O–H groups in total.